The molecule has 2 N–H and O–H groups in total. The van der Waals surface area contributed by atoms with Gasteiger partial charge < -0.3 is 4.98 Å². The summed E-state index contributed by atoms with van der Waals surface area (Å²) in [7, 11) is 0. The predicted molar refractivity (Wildman–Crippen MR) is 70.9 cm³/mol. The first-order valence-corrected chi connectivity index (χ1v) is 5.50. The molecule has 0 fully saturated rings. The highest BCUT2D eigenvalue weighted by atomic mass is 79.9. The minimum Gasteiger partial charge on any atom is -0.361 e. The van der Waals surface area contributed by atoms with Crippen molar-refractivity contribution in [2.24, 2.45) is 0 Å². The van der Waals surface area contributed by atoms with Gasteiger partial charge in [0.1, 0.15) is 0 Å². The Balaban J connectivity index is 0.00000112. The number of hydrogen-bond acceptors (Lipinski definition) is 1. The van der Waals surface area contributed by atoms with Gasteiger partial charge in [0, 0.05) is 39.8 Å². The van der Waals surface area contributed by atoms with E-state index >= 15 is 0 Å². The number of rotatable bonds is 3. The van der Waals surface area contributed by atoms with Gasteiger partial charge in [0.2, 0.25) is 0 Å². The standard InChI is InChI=1S/C11H13BrN2.ClH/c1-8-2-3-10-9(4-5-14-12)7-13-11(10)6-8;/h2-3,6-7,13-14H,4-5H2,1H3;1H. The minimum atomic E-state index is 0. The van der Waals surface area contributed by atoms with Crippen LogP contribution in [-0.4, -0.2) is 11.5 Å². The van der Waals surface area contributed by atoms with Crippen LogP contribution in [0.3, 0.4) is 0 Å². The van der Waals surface area contributed by atoms with E-state index in [9.17, 15) is 0 Å². The number of aromatic amines is 1. The maximum absolute atomic E-state index is 3.29. The molecular weight excluding hydrogens is 275 g/mol. The molecule has 2 aromatic rings. The third-order valence-corrected chi connectivity index (χ3v) is 2.81. The van der Waals surface area contributed by atoms with Crippen molar-refractivity contribution < 1.29 is 0 Å². The summed E-state index contributed by atoms with van der Waals surface area (Å²) in [5.41, 5.74) is 3.89. The van der Waals surface area contributed by atoms with E-state index in [1.807, 2.05) is 0 Å². The number of fused-ring (bicyclic) bond motifs is 1. The summed E-state index contributed by atoms with van der Waals surface area (Å²) in [6.07, 6.45) is 3.13. The van der Waals surface area contributed by atoms with Crippen molar-refractivity contribution in [3.63, 3.8) is 0 Å². The largest absolute Gasteiger partial charge is 0.361 e. The van der Waals surface area contributed by atoms with E-state index in [0.29, 0.717) is 0 Å². The lowest BCUT2D eigenvalue weighted by atomic mass is 10.1. The molecule has 0 saturated heterocycles. The van der Waals surface area contributed by atoms with Crippen LogP contribution in [0, 0.1) is 6.92 Å². The van der Waals surface area contributed by atoms with Gasteiger partial charge in [-0.05, 0) is 30.5 Å². The molecule has 15 heavy (non-hydrogen) atoms. The summed E-state index contributed by atoms with van der Waals surface area (Å²) in [6.45, 7) is 3.06. The van der Waals surface area contributed by atoms with Crippen LogP contribution in [0.2, 0.25) is 0 Å². The fourth-order valence-corrected chi connectivity index (χ4v) is 1.89. The minimum absolute atomic E-state index is 0. The lowest BCUT2D eigenvalue weighted by Crippen LogP contribution is -2.02. The van der Waals surface area contributed by atoms with E-state index in [4.69, 9.17) is 0 Å². The molecule has 82 valence electrons. The van der Waals surface area contributed by atoms with Gasteiger partial charge in [-0.1, -0.05) is 12.1 Å². The Bertz CT molecular complexity index is 439. The SMILES string of the molecule is Cc1ccc2c(CCNBr)c[nH]c2c1.Cl. The smallest absolute Gasteiger partial charge is 0.0459 e. The van der Waals surface area contributed by atoms with Crippen molar-refractivity contribution in [2.75, 3.05) is 6.54 Å². The third-order valence-electron chi connectivity index (χ3n) is 2.41. The van der Waals surface area contributed by atoms with E-state index in [2.05, 4.69) is 56.8 Å². The zero-order valence-corrected chi connectivity index (χ0v) is 10.9. The zero-order valence-electron chi connectivity index (χ0n) is 8.51. The van der Waals surface area contributed by atoms with Gasteiger partial charge in [-0.15, -0.1) is 12.4 Å². The van der Waals surface area contributed by atoms with E-state index in [0.717, 1.165) is 13.0 Å². The van der Waals surface area contributed by atoms with Crippen LogP contribution in [0.4, 0.5) is 0 Å². The van der Waals surface area contributed by atoms with Crippen LogP contribution in [0.5, 0.6) is 0 Å². The summed E-state index contributed by atoms with van der Waals surface area (Å²) in [6, 6.07) is 6.52. The second-order valence-corrected chi connectivity index (χ2v) is 4.06. The average Bonchev–Trinajstić information content (AvgIpc) is 2.57. The van der Waals surface area contributed by atoms with Gasteiger partial charge in [-0.2, -0.15) is 0 Å². The maximum atomic E-state index is 3.29. The first-order chi connectivity index (χ1) is 6.81. The number of H-pyrrole nitrogens is 1. The Morgan fingerprint density at radius 1 is 1.40 bits per heavy atom. The van der Waals surface area contributed by atoms with Crippen LogP contribution in [0.25, 0.3) is 10.9 Å². The molecule has 0 bridgehead atoms. The maximum Gasteiger partial charge on any atom is 0.0459 e. The molecule has 0 aliphatic heterocycles. The number of benzene rings is 1. The van der Waals surface area contributed by atoms with Crippen LogP contribution < -0.4 is 4.34 Å². The van der Waals surface area contributed by atoms with Gasteiger partial charge >= 0.3 is 0 Å². The van der Waals surface area contributed by atoms with Crippen LogP contribution in [-0.2, 0) is 6.42 Å². The zero-order chi connectivity index (χ0) is 9.97. The number of aryl methyl sites for hydroxylation is 1. The summed E-state index contributed by atoms with van der Waals surface area (Å²) in [5.74, 6) is 0. The molecule has 4 heteroatoms. The topological polar surface area (TPSA) is 27.8 Å². The third kappa shape index (κ3) is 2.74. The highest BCUT2D eigenvalue weighted by Gasteiger charge is 2.02. The molecule has 1 heterocycles. The fourth-order valence-electron chi connectivity index (χ4n) is 1.69. The average molecular weight is 290 g/mol. The molecule has 2 nitrogen and oxygen atoms in total. The van der Waals surface area contributed by atoms with Crippen LogP contribution in [0.15, 0.2) is 24.4 Å². The molecule has 0 unspecified atom stereocenters. The Hall–Kier alpha value is -0.510. The van der Waals surface area contributed by atoms with Crippen LogP contribution >= 0.6 is 28.6 Å². The monoisotopic (exact) mass is 288 g/mol. The molecule has 1 aromatic heterocycles. The van der Waals surface area contributed by atoms with Crippen molar-refractivity contribution in [1.82, 2.24) is 9.33 Å². The van der Waals surface area contributed by atoms with E-state index in [1.165, 1.54) is 22.0 Å². The molecule has 2 rings (SSSR count). The Kier molecular flexibility index (Phi) is 4.64. The normalized spacial score (nSPS) is 10.3. The van der Waals surface area contributed by atoms with Gasteiger partial charge in [0.15, 0.2) is 0 Å². The van der Waals surface area contributed by atoms with E-state index in [-0.39, 0.29) is 12.4 Å². The highest BCUT2D eigenvalue weighted by molar-refractivity contribution is 9.08. The fraction of sp³-hybridized carbons (Fsp3) is 0.273. The Morgan fingerprint density at radius 2 is 2.20 bits per heavy atom. The second-order valence-electron chi connectivity index (χ2n) is 3.50. The van der Waals surface area contributed by atoms with Gasteiger partial charge in [-0.25, -0.2) is 0 Å². The Labute approximate surface area is 104 Å². The van der Waals surface area contributed by atoms with E-state index in [1.54, 1.807) is 0 Å². The van der Waals surface area contributed by atoms with Crippen molar-refractivity contribution in [1.29, 1.82) is 0 Å². The molecular formula is C11H14BrClN2. The first kappa shape index (κ1) is 12.6. The van der Waals surface area contributed by atoms with Gasteiger partial charge in [0.25, 0.3) is 0 Å². The number of halogens is 2. The lowest BCUT2D eigenvalue weighted by Gasteiger charge is -1.98. The quantitative estimate of drug-likeness (QED) is 0.833. The summed E-state index contributed by atoms with van der Waals surface area (Å²) in [5, 5.41) is 1.33. The molecule has 1 aromatic carbocycles. The summed E-state index contributed by atoms with van der Waals surface area (Å²) < 4.78 is 2.98. The van der Waals surface area contributed by atoms with Crippen molar-refractivity contribution in [3.8, 4) is 0 Å². The molecule has 0 spiro atoms. The van der Waals surface area contributed by atoms with Gasteiger partial charge in [-0.3, -0.25) is 4.34 Å². The predicted octanol–water partition coefficient (Wildman–Crippen LogP) is 3.34. The second kappa shape index (κ2) is 5.54. The number of nitrogens with one attached hydrogen (secondary N) is 2. The highest BCUT2D eigenvalue weighted by Crippen LogP contribution is 2.19. The van der Waals surface area contributed by atoms with Crippen molar-refractivity contribution in [3.05, 3.63) is 35.5 Å². The van der Waals surface area contributed by atoms with Crippen LogP contribution in [0.1, 0.15) is 11.1 Å². The summed E-state index contributed by atoms with van der Waals surface area (Å²) in [4.78, 5) is 3.29. The number of aromatic nitrogens is 1. The van der Waals surface area contributed by atoms with Crippen molar-refractivity contribution in [2.45, 2.75) is 13.3 Å². The summed E-state index contributed by atoms with van der Waals surface area (Å²) >= 11 is 3.21. The molecule has 0 amide bonds. The lowest BCUT2D eigenvalue weighted by molar-refractivity contribution is 0.926. The first-order valence-electron chi connectivity index (χ1n) is 4.71. The van der Waals surface area contributed by atoms with Crippen molar-refractivity contribution >= 4 is 39.5 Å². The molecule has 0 saturated carbocycles. The molecule has 0 aliphatic rings. The Morgan fingerprint density at radius 3 is 2.93 bits per heavy atom. The molecule has 0 atom stereocenters. The van der Waals surface area contributed by atoms with E-state index < -0.39 is 0 Å². The van der Waals surface area contributed by atoms with Gasteiger partial charge in [0.05, 0.1) is 0 Å². The number of hydrogen-bond donors (Lipinski definition) is 2. The molecule has 0 aliphatic carbocycles. The molecule has 0 radical (unpaired) electrons.